The van der Waals surface area contributed by atoms with Crippen LogP contribution in [0.15, 0.2) is 40.9 Å². The number of hydrogen-bond acceptors (Lipinski definition) is 5. The predicted molar refractivity (Wildman–Crippen MR) is 91.5 cm³/mol. The van der Waals surface area contributed by atoms with Crippen LogP contribution >= 0.6 is 15.9 Å². The van der Waals surface area contributed by atoms with Crippen molar-refractivity contribution in [1.82, 2.24) is 10.2 Å². The number of methoxy groups -OCH3 is 1. The molecule has 0 spiro atoms. The summed E-state index contributed by atoms with van der Waals surface area (Å²) in [5.74, 6) is 0.190. The highest BCUT2D eigenvalue weighted by molar-refractivity contribution is 9.10. The van der Waals surface area contributed by atoms with Crippen LogP contribution in [0.25, 0.3) is 0 Å². The Morgan fingerprint density at radius 2 is 1.96 bits per heavy atom. The van der Waals surface area contributed by atoms with Gasteiger partial charge in [-0.1, -0.05) is 34.5 Å². The summed E-state index contributed by atoms with van der Waals surface area (Å²) in [4.78, 5) is 11.4. The second-order valence-corrected chi connectivity index (χ2v) is 6.71. The number of nitrogens with one attached hydrogen (secondary N) is 1. The van der Waals surface area contributed by atoms with Gasteiger partial charge in [0.1, 0.15) is 5.82 Å². The van der Waals surface area contributed by atoms with Crippen LogP contribution < -0.4 is 5.32 Å². The van der Waals surface area contributed by atoms with E-state index in [9.17, 15) is 4.79 Å². The van der Waals surface area contributed by atoms with Crippen molar-refractivity contribution in [3.05, 3.63) is 52.1 Å². The molecule has 6 heteroatoms. The number of halogens is 1. The van der Waals surface area contributed by atoms with E-state index in [0.717, 1.165) is 23.9 Å². The Bertz CT molecular complexity index is 682. The minimum atomic E-state index is -0.477. The van der Waals surface area contributed by atoms with Gasteiger partial charge in [-0.3, -0.25) is 0 Å². The van der Waals surface area contributed by atoms with Gasteiger partial charge in [0.2, 0.25) is 0 Å². The molecule has 1 heterocycles. The quantitative estimate of drug-likeness (QED) is 0.809. The highest BCUT2D eigenvalue weighted by Gasteiger charge is 2.38. The molecule has 5 nitrogen and oxygen atoms in total. The lowest BCUT2D eigenvalue weighted by Crippen LogP contribution is -2.41. The third-order valence-corrected chi connectivity index (χ3v) is 4.96. The number of ether oxygens (including phenoxy) is 1. The number of nitrogens with zero attached hydrogens (tertiary/aromatic N) is 2. The number of carbonyl (C=O) groups is 1. The third kappa shape index (κ3) is 3.37. The van der Waals surface area contributed by atoms with Crippen LogP contribution in [0.4, 0.5) is 5.82 Å². The van der Waals surface area contributed by atoms with E-state index in [-0.39, 0.29) is 11.1 Å². The monoisotopic (exact) mass is 375 g/mol. The molecule has 1 aliphatic carbocycles. The Morgan fingerprint density at radius 1 is 1.22 bits per heavy atom. The maximum Gasteiger partial charge on any atom is 0.358 e. The summed E-state index contributed by atoms with van der Waals surface area (Å²) in [6, 6.07) is 11.9. The topological polar surface area (TPSA) is 64.1 Å². The first-order chi connectivity index (χ1) is 11.1. The van der Waals surface area contributed by atoms with Crippen LogP contribution in [-0.4, -0.2) is 29.8 Å². The van der Waals surface area contributed by atoms with Crippen LogP contribution in [0.5, 0.6) is 0 Å². The molecule has 1 saturated carbocycles. The third-order valence-electron chi connectivity index (χ3n) is 4.43. The van der Waals surface area contributed by atoms with Crippen molar-refractivity contribution in [1.29, 1.82) is 0 Å². The lowest BCUT2D eigenvalue weighted by molar-refractivity contribution is 0.0593. The first-order valence-corrected chi connectivity index (χ1v) is 8.34. The van der Waals surface area contributed by atoms with Crippen molar-refractivity contribution in [2.45, 2.75) is 24.7 Å². The zero-order valence-electron chi connectivity index (χ0n) is 12.9. The SMILES string of the molecule is COC(=O)c1ccc(NCC2(c3ccc(Br)cc3)CCC2)nn1. The Morgan fingerprint density at radius 3 is 2.48 bits per heavy atom. The summed E-state index contributed by atoms with van der Waals surface area (Å²) in [6.07, 6.45) is 3.56. The second-order valence-electron chi connectivity index (χ2n) is 5.79. The molecular weight excluding hydrogens is 358 g/mol. The normalized spacial score (nSPS) is 15.6. The lowest BCUT2D eigenvalue weighted by Gasteiger charge is -2.42. The number of carbonyl (C=O) groups excluding carboxylic acids is 1. The molecule has 0 amide bonds. The van der Waals surface area contributed by atoms with Crippen molar-refractivity contribution >= 4 is 27.7 Å². The van der Waals surface area contributed by atoms with Gasteiger partial charge in [0.15, 0.2) is 5.69 Å². The lowest BCUT2D eigenvalue weighted by atomic mass is 9.64. The molecular formula is C17H18BrN3O2. The Hall–Kier alpha value is -1.95. The fraction of sp³-hybridized carbons (Fsp3) is 0.353. The van der Waals surface area contributed by atoms with E-state index in [0.29, 0.717) is 5.82 Å². The summed E-state index contributed by atoms with van der Waals surface area (Å²) in [5.41, 5.74) is 1.71. The predicted octanol–water partition coefficient (Wildman–Crippen LogP) is 3.56. The first kappa shape index (κ1) is 15.9. The standard InChI is InChI=1S/C17H18BrN3O2/c1-23-16(22)14-7-8-15(21-20-14)19-11-17(9-2-10-17)12-3-5-13(18)6-4-12/h3-8H,2,9-11H2,1H3,(H,19,21). The maximum atomic E-state index is 11.4. The molecule has 0 atom stereocenters. The molecule has 0 bridgehead atoms. The molecule has 0 radical (unpaired) electrons. The van der Waals surface area contributed by atoms with Crippen molar-refractivity contribution in [3.8, 4) is 0 Å². The highest BCUT2D eigenvalue weighted by Crippen LogP contribution is 2.43. The number of aromatic nitrogens is 2. The number of esters is 1. The van der Waals surface area contributed by atoms with Crippen LogP contribution in [0.3, 0.4) is 0 Å². The number of anilines is 1. The minimum absolute atomic E-state index is 0.156. The number of benzene rings is 1. The summed E-state index contributed by atoms with van der Waals surface area (Å²) < 4.78 is 5.71. The highest BCUT2D eigenvalue weighted by atomic mass is 79.9. The van der Waals surface area contributed by atoms with E-state index >= 15 is 0 Å². The van der Waals surface area contributed by atoms with Crippen molar-refractivity contribution in [2.24, 2.45) is 0 Å². The van der Waals surface area contributed by atoms with Crippen LogP contribution in [-0.2, 0) is 10.2 Å². The van der Waals surface area contributed by atoms with Crippen LogP contribution in [0, 0.1) is 0 Å². The molecule has 23 heavy (non-hydrogen) atoms. The number of rotatable bonds is 5. The largest absolute Gasteiger partial charge is 0.464 e. The van der Waals surface area contributed by atoms with Gasteiger partial charge in [0, 0.05) is 16.4 Å². The molecule has 3 rings (SSSR count). The van der Waals surface area contributed by atoms with Gasteiger partial charge in [0.05, 0.1) is 7.11 Å². The fourth-order valence-corrected chi connectivity index (χ4v) is 3.14. The van der Waals surface area contributed by atoms with E-state index in [2.05, 4.69) is 60.4 Å². The van der Waals surface area contributed by atoms with Crippen molar-refractivity contribution in [2.75, 3.05) is 19.0 Å². The van der Waals surface area contributed by atoms with E-state index < -0.39 is 5.97 Å². The van der Waals surface area contributed by atoms with Crippen molar-refractivity contribution in [3.63, 3.8) is 0 Å². The molecule has 1 fully saturated rings. The molecule has 1 aromatic heterocycles. The van der Waals surface area contributed by atoms with E-state index in [1.165, 1.54) is 19.1 Å². The maximum absolute atomic E-state index is 11.4. The smallest absolute Gasteiger partial charge is 0.358 e. The van der Waals surface area contributed by atoms with Gasteiger partial charge >= 0.3 is 5.97 Å². The number of hydrogen-bond donors (Lipinski definition) is 1. The van der Waals surface area contributed by atoms with E-state index in [1.54, 1.807) is 12.1 Å². The average Bonchev–Trinajstić information content (AvgIpc) is 2.55. The molecule has 1 N–H and O–H groups in total. The molecule has 0 aliphatic heterocycles. The average molecular weight is 376 g/mol. The van der Waals surface area contributed by atoms with E-state index in [1.807, 2.05) is 0 Å². The van der Waals surface area contributed by atoms with Crippen molar-refractivity contribution < 1.29 is 9.53 Å². The molecule has 120 valence electrons. The second kappa shape index (κ2) is 6.66. The van der Waals surface area contributed by atoms with Crippen LogP contribution in [0.1, 0.15) is 35.3 Å². The summed E-state index contributed by atoms with van der Waals surface area (Å²) in [5, 5.41) is 11.3. The van der Waals surface area contributed by atoms with Gasteiger partial charge in [-0.25, -0.2) is 4.79 Å². The molecule has 0 saturated heterocycles. The van der Waals surface area contributed by atoms with Gasteiger partial charge in [-0.2, -0.15) is 0 Å². The molecule has 1 aromatic carbocycles. The van der Waals surface area contributed by atoms with Gasteiger partial charge in [-0.15, -0.1) is 10.2 Å². The summed E-state index contributed by atoms with van der Waals surface area (Å²) >= 11 is 3.48. The zero-order chi connectivity index (χ0) is 16.3. The van der Waals surface area contributed by atoms with Crippen LogP contribution in [0.2, 0.25) is 0 Å². The Balaban J connectivity index is 1.68. The molecule has 1 aliphatic rings. The molecule has 0 unspecified atom stereocenters. The van der Waals surface area contributed by atoms with Gasteiger partial charge < -0.3 is 10.1 Å². The minimum Gasteiger partial charge on any atom is -0.464 e. The zero-order valence-corrected chi connectivity index (χ0v) is 14.5. The first-order valence-electron chi connectivity index (χ1n) is 7.55. The molecule has 2 aromatic rings. The summed E-state index contributed by atoms with van der Waals surface area (Å²) in [7, 11) is 1.33. The van der Waals surface area contributed by atoms with E-state index in [4.69, 9.17) is 0 Å². The summed E-state index contributed by atoms with van der Waals surface area (Å²) in [6.45, 7) is 0.806. The van der Waals surface area contributed by atoms with Gasteiger partial charge in [-0.05, 0) is 42.7 Å². The fourth-order valence-electron chi connectivity index (χ4n) is 2.87. The van der Waals surface area contributed by atoms with Gasteiger partial charge in [0.25, 0.3) is 0 Å². The Kier molecular flexibility index (Phi) is 4.61. The Labute approximate surface area is 143 Å².